The maximum atomic E-state index is 11.0. The second-order valence-corrected chi connectivity index (χ2v) is 4.78. The van der Waals surface area contributed by atoms with Gasteiger partial charge in [0.05, 0.1) is 0 Å². The number of carboxylic acid groups (broad SMARTS) is 1. The van der Waals surface area contributed by atoms with Gasteiger partial charge in [-0.1, -0.05) is 24.4 Å². The van der Waals surface area contributed by atoms with Crippen LogP contribution in [0.5, 0.6) is 0 Å². The predicted octanol–water partition coefficient (Wildman–Crippen LogP) is 1.79. The van der Waals surface area contributed by atoms with E-state index in [2.05, 4.69) is 0 Å². The molecule has 0 aromatic heterocycles. The van der Waals surface area contributed by atoms with Crippen molar-refractivity contribution in [1.82, 2.24) is 4.90 Å². The molecule has 0 aromatic rings. The molecule has 0 aromatic carbocycles. The van der Waals surface area contributed by atoms with Gasteiger partial charge in [0.15, 0.2) is 0 Å². The van der Waals surface area contributed by atoms with Gasteiger partial charge in [0.25, 0.3) is 0 Å². The Kier molecular flexibility index (Phi) is 3.51. The number of aliphatic carboxylic acids is 1. The Balaban J connectivity index is 2.01. The first-order valence-corrected chi connectivity index (χ1v) is 5.94. The predicted molar refractivity (Wildman–Crippen MR) is 66.7 cm³/mol. The summed E-state index contributed by atoms with van der Waals surface area (Å²) >= 11 is 5.14. The molecule has 1 saturated heterocycles. The molecule has 0 amide bonds. The Morgan fingerprint density at radius 3 is 3.12 bits per heavy atom. The maximum Gasteiger partial charge on any atom is 0.320 e. The molecule has 3 nitrogen and oxygen atoms in total. The minimum atomic E-state index is -0.708. The van der Waals surface area contributed by atoms with Gasteiger partial charge >= 0.3 is 5.97 Å². The minimum Gasteiger partial charge on any atom is -0.480 e. The van der Waals surface area contributed by atoms with Crippen LogP contribution in [0.15, 0.2) is 23.8 Å². The standard InChI is InChI=1S/C12H15NO2S/c14-12(15)11-5-2-6-13(11)8-9-3-1-4-10(16)7-9/h1,3,7,11H,2,4-6,8H2,(H,14,15)/t11-/m0/s1. The number of rotatable bonds is 3. The van der Waals surface area contributed by atoms with E-state index >= 15 is 0 Å². The van der Waals surface area contributed by atoms with Gasteiger partial charge in [-0.05, 0) is 31.0 Å². The average Bonchev–Trinajstić information content (AvgIpc) is 2.66. The van der Waals surface area contributed by atoms with Crippen LogP contribution in [0.2, 0.25) is 0 Å². The number of allylic oxidation sites excluding steroid dienone is 2. The third-order valence-electron chi connectivity index (χ3n) is 3.03. The highest BCUT2D eigenvalue weighted by atomic mass is 32.1. The fourth-order valence-corrected chi connectivity index (χ4v) is 2.52. The first kappa shape index (κ1) is 11.5. The summed E-state index contributed by atoms with van der Waals surface area (Å²) in [5.41, 5.74) is 1.13. The van der Waals surface area contributed by atoms with Crippen LogP contribution < -0.4 is 0 Å². The number of hydrogen-bond acceptors (Lipinski definition) is 3. The molecule has 1 atom stereocenters. The molecule has 1 fully saturated rings. The molecule has 0 unspecified atom stereocenters. The summed E-state index contributed by atoms with van der Waals surface area (Å²) in [6, 6.07) is -0.315. The van der Waals surface area contributed by atoms with Crippen molar-refractivity contribution in [3.63, 3.8) is 0 Å². The zero-order valence-corrected chi connectivity index (χ0v) is 9.87. The van der Waals surface area contributed by atoms with E-state index in [0.717, 1.165) is 36.2 Å². The lowest BCUT2D eigenvalue weighted by atomic mass is 10.1. The molecule has 1 aliphatic carbocycles. The first-order valence-electron chi connectivity index (χ1n) is 5.53. The highest BCUT2D eigenvalue weighted by Gasteiger charge is 2.30. The van der Waals surface area contributed by atoms with Gasteiger partial charge in [-0.25, -0.2) is 0 Å². The molecule has 86 valence electrons. The fourth-order valence-electron chi connectivity index (χ4n) is 2.27. The van der Waals surface area contributed by atoms with Crippen LogP contribution in [-0.2, 0) is 4.79 Å². The second-order valence-electron chi connectivity index (χ2n) is 4.26. The van der Waals surface area contributed by atoms with Crippen molar-refractivity contribution in [2.24, 2.45) is 0 Å². The molecule has 1 aliphatic heterocycles. The van der Waals surface area contributed by atoms with Crippen LogP contribution in [0.25, 0.3) is 0 Å². The smallest absolute Gasteiger partial charge is 0.320 e. The van der Waals surface area contributed by atoms with Crippen LogP contribution in [0.3, 0.4) is 0 Å². The number of nitrogens with zero attached hydrogens (tertiary/aromatic N) is 1. The highest BCUT2D eigenvalue weighted by molar-refractivity contribution is 7.80. The summed E-state index contributed by atoms with van der Waals surface area (Å²) in [4.78, 5) is 14.0. The van der Waals surface area contributed by atoms with E-state index in [0.29, 0.717) is 6.54 Å². The van der Waals surface area contributed by atoms with E-state index in [-0.39, 0.29) is 6.04 Å². The van der Waals surface area contributed by atoms with E-state index in [4.69, 9.17) is 17.3 Å². The molecule has 1 N–H and O–H groups in total. The molecule has 16 heavy (non-hydrogen) atoms. The maximum absolute atomic E-state index is 11.0. The molecule has 0 bridgehead atoms. The quantitative estimate of drug-likeness (QED) is 0.760. The fraction of sp³-hybridized carbons (Fsp3) is 0.500. The molecular formula is C12H15NO2S. The van der Waals surface area contributed by atoms with E-state index in [1.165, 1.54) is 0 Å². The molecule has 2 aliphatic rings. The summed E-state index contributed by atoms with van der Waals surface area (Å²) in [6.07, 6.45) is 8.65. The summed E-state index contributed by atoms with van der Waals surface area (Å²) in [6.45, 7) is 1.57. The Bertz CT molecular complexity index is 373. The Morgan fingerprint density at radius 2 is 2.44 bits per heavy atom. The third kappa shape index (κ3) is 2.57. The van der Waals surface area contributed by atoms with Gasteiger partial charge in [-0.15, -0.1) is 0 Å². The van der Waals surface area contributed by atoms with Gasteiger partial charge in [0, 0.05) is 17.8 Å². The van der Waals surface area contributed by atoms with E-state index < -0.39 is 5.97 Å². The van der Waals surface area contributed by atoms with Crippen LogP contribution in [0.4, 0.5) is 0 Å². The van der Waals surface area contributed by atoms with Gasteiger partial charge < -0.3 is 5.11 Å². The van der Waals surface area contributed by atoms with Crippen LogP contribution in [0.1, 0.15) is 19.3 Å². The largest absolute Gasteiger partial charge is 0.480 e. The Morgan fingerprint density at radius 1 is 1.62 bits per heavy atom. The summed E-state index contributed by atoms with van der Waals surface area (Å²) in [5, 5.41) is 9.06. The van der Waals surface area contributed by atoms with Crippen molar-refractivity contribution >= 4 is 23.1 Å². The first-order chi connectivity index (χ1) is 7.66. The van der Waals surface area contributed by atoms with Crippen molar-refractivity contribution in [3.8, 4) is 0 Å². The van der Waals surface area contributed by atoms with E-state index in [1.807, 2.05) is 23.1 Å². The monoisotopic (exact) mass is 237 g/mol. The molecule has 0 radical (unpaired) electrons. The van der Waals surface area contributed by atoms with Crippen LogP contribution in [0, 0.1) is 0 Å². The van der Waals surface area contributed by atoms with Gasteiger partial charge in [-0.3, -0.25) is 9.69 Å². The van der Waals surface area contributed by atoms with Gasteiger partial charge in [-0.2, -0.15) is 0 Å². The Hall–Kier alpha value is -1.00. The number of carbonyl (C=O) groups is 1. The van der Waals surface area contributed by atoms with Crippen molar-refractivity contribution in [2.75, 3.05) is 13.1 Å². The van der Waals surface area contributed by atoms with Gasteiger partial charge in [0.2, 0.25) is 0 Å². The van der Waals surface area contributed by atoms with Crippen molar-refractivity contribution in [3.05, 3.63) is 23.8 Å². The molecule has 2 rings (SSSR count). The van der Waals surface area contributed by atoms with Crippen molar-refractivity contribution < 1.29 is 9.90 Å². The average molecular weight is 237 g/mol. The molecule has 1 heterocycles. The van der Waals surface area contributed by atoms with E-state index in [9.17, 15) is 4.79 Å². The minimum absolute atomic E-state index is 0.315. The highest BCUT2D eigenvalue weighted by Crippen LogP contribution is 2.20. The third-order valence-corrected chi connectivity index (χ3v) is 3.32. The van der Waals surface area contributed by atoms with Crippen LogP contribution >= 0.6 is 12.2 Å². The number of carboxylic acids is 1. The zero-order valence-electron chi connectivity index (χ0n) is 9.06. The number of likely N-dealkylation sites (tertiary alicyclic amines) is 1. The lowest BCUT2D eigenvalue weighted by molar-refractivity contribution is -0.141. The lowest BCUT2D eigenvalue weighted by Crippen LogP contribution is -2.37. The molecule has 0 saturated carbocycles. The molecule has 4 heteroatoms. The molecule has 0 spiro atoms. The normalized spacial score (nSPS) is 25.9. The lowest BCUT2D eigenvalue weighted by Gasteiger charge is -2.22. The summed E-state index contributed by atoms with van der Waals surface area (Å²) in [5.74, 6) is -0.708. The molecular weight excluding hydrogens is 222 g/mol. The van der Waals surface area contributed by atoms with Gasteiger partial charge in [0.1, 0.15) is 6.04 Å². The van der Waals surface area contributed by atoms with Crippen LogP contribution in [-0.4, -0.2) is 40.0 Å². The van der Waals surface area contributed by atoms with E-state index in [1.54, 1.807) is 0 Å². The van der Waals surface area contributed by atoms with Crippen molar-refractivity contribution in [2.45, 2.75) is 25.3 Å². The number of hydrogen-bond donors (Lipinski definition) is 1. The number of thiocarbonyl (C=S) groups is 1. The second kappa shape index (κ2) is 4.89. The Labute approximate surface area is 100 Å². The summed E-state index contributed by atoms with van der Waals surface area (Å²) in [7, 11) is 0. The summed E-state index contributed by atoms with van der Waals surface area (Å²) < 4.78 is 0. The topological polar surface area (TPSA) is 40.5 Å². The SMILES string of the molecule is O=C(O)[C@@H]1CCCN1CC1=CC(=S)CC=C1. The van der Waals surface area contributed by atoms with Crippen molar-refractivity contribution in [1.29, 1.82) is 0 Å². The zero-order chi connectivity index (χ0) is 11.5.